The van der Waals surface area contributed by atoms with E-state index < -0.39 is 0 Å². The zero-order valence-electron chi connectivity index (χ0n) is 9.62. The predicted octanol–water partition coefficient (Wildman–Crippen LogP) is 1.16. The highest BCUT2D eigenvalue weighted by Gasteiger charge is 2.11. The van der Waals surface area contributed by atoms with Crippen molar-refractivity contribution in [1.29, 1.82) is 0 Å². The number of carbonyl (C=O) groups excluding carboxylic acids is 1. The fourth-order valence-corrected chi connectivity index (χ4v) is 0.896. The van der Waals surface area contributed by atoms with Crippen molar-refractivity contribution >= 4 is 5.91 Å². The fourth-order valence-electron chi connectivity index (χ4n) is 0.896. The van der Waals surface area contributed by atoms with Crippen molar-refractivity contribution in [2.45, 2.75) is 40.2 Å². The van der Waals surface area contributed by atoms with Crippen LogP contribution in [0.3, 0.4) is 0 Å². The summed E-state index contributed by atoms with van der Waals surface area (Å²) in [5.74, 6) is 5.97. The Hall–Kier alpha value is -0.610. The maximum absolute atomic E-state index is 11.4. The average molecular weight is 202 g/mol. The standard InChI is InChI=1S/C10H22N2O2/c1-8(2)7-14-6-5-10(13)12(11)9(3)4/h8-9H,5-7,11H2,1-4H3. The van der Waals surface area contributed by atoms with E-state index in [1.807, 2.05) is 13.8 Å². The molecule has 1 amide bonds. The highest BCUT2D eigenvalue weighted by Crippen LogP contribution is 1.97. The number of nitrogens with two attached hydrogens (primary N) is 1. The van der Waals surface area contributed by atoms with Crippen LogP contribution in [-0.4, -0.2) is 30.2 Å². The number of amides is 1. The van der Waals surface area contributed by atoms with Crippen molar-refractivity contribution < 1.29 is 9.53 Å². The lowest BCUT2D eigenvalue weighted by Crippen LogP contribution is -2.43. The smallest absolute Gasteiger partial charge is 0.239 e. The van der Waals surface area contributed by atoms with E-state index in [2.05, 4.69) is 13.8 Å². The lowest BCUT2D eigenvalue weighted by Gasteiger charge is -2.20. The molecule has 0 atom stereocenters. The molecule has 0 aliphatic heterocycles. The van der Waals surface area contributed by atoms with Gasteiger partial charge in [0.2, 0.25) is 5.91 Å². The van der Waals surface area contributed by atoms with Gasteiger partial charge in [-0.1, -0.05) is 13.8 Å². The van der Waals surface area contributed by atoms with Gasteiger partial charge < -0.3 is 4.74 Å². The quantitative estimate of drug-likeness (QED) is 0.304. The summed E-state index contributed by atoms with van der Waals surface area (Å²) in [4.78, 5) is 11.4. The first-order valence-corrected chi connectivity index (χ1v) is 5.09. The highest BCUT2D eigenvalue weighted by atomic mass is 16.5. The van der Waals surface area contributed by atoms with Crippen LogP contribution in [-0.2, 0) is 9.53 Å². The molecule has 4 nitrogen and oxygen atoms in total. The van der Waals surface area contributed by atoms with Crippen molar-refractivity contribution in [3.05, 3.63) is 0 Å². The van der Waals surface area contributed by atoms with Crippen molar-refractivity contribution in [2.24, 2.45) is 11.8 Å². The molecule has 0 saturated carbocycles. The summed E-state index contributed by atoms with van der Waals surface area (Å²) in [6, 6.07) is 0.0487. The summed E-state index contributed by atoms with van der Waals surface area (Å²) in [6.45, 7) is 9.06. The van der Waals surface area contributed by atoms with E-state index in [1.54, 1.807) is 0 Å². The van der Waals surface area contributed by atoms with E-state index in [1.165, 1.54) is 5.01 Å². The van der Waals surface area contributed by atoms with Gasteiger partial charge in [0, 0.05) is 12.6 Å². The number of rotatable bonds is 6. The molecule has 0 radical (unpaired) electrons. The third kappa shape index (κ3) is 5.94. The van der Waals surface area contributed by atoms with E-state index in [9.17, 15) is 4.79 Å². The molecule has 0 aromatic heterocycles. The number of ether oxygens (including phenoxy) is 1. The summed E-state index contributed by atoms with van der Waals surface area (Å²) in [5.41, 5.74) is 0. The second-order valence-corrected chi connectivity index (χ2v) is 4.11. The third-order valence-electron chi connectivity index (χ3n) is 1.76. The Labute approximate surface area is 86.4 Å². The van der Waals surface area contributed by atoms with Crippen molar-refractivity contribution in [2.75, 3.05) is 13.2 Å². The normalized spacial score (nSPS) is 11.1. The van der Waals surface area contributed by atoms with Crippen molar-refractivity contribution in [3.8, 4) is 0 Å². The summed E-state index contributed by atoms with van der Waals surface area (Å²) in [6.07, 6.45) is 0.363. The minimum Gasteiger partial charge on any atom is -0.381 e. The van der Waals surface area contributed by atoms with Gasteiger partial charge in [0.25, 0.3) is 0 Å². The topological polar surface area (TPSA) is 55.6 Å². The molecule has 0 aliphatic carbocycles. The maximum atomic E-state index is 11.4. The second kappa shape index (κ2) is 6.79. The first-order valence-electron chi connectivity index (χ1n) is 5.09. The molecule has 84 valence electrons. The van der Waals surface area contributed by atoms with Crippen LogP contribution in [0.2, 0.25) is 0 Å². The Bertz CT molecular complexity index is 170. The largest absolute Gasteiger partial charge is 0.381 e. The minimum atomic E-state index is -0.0660. The molecule has 0 aromatic carbocycles. The predicted molar refractivity (Wildman–Crippen MR) is 56.4 cm³/mol. The second-order valence-electron chi connectivity index (χ2n) is 4.11. The molecule has 0 aromatic rings. The van der Waals surface area contributed by atoms with Crippen LogP contribution in [0.1, 0.15) is 34.1 Å². The van der Waals surface area contributed by atoms with Gasteiger partial charge in [-0.25, -0.2) is 5.84 Å². The minimum absolute atomic E-state index is 0.0487. The summed E-state index contributed by atoms with van der Waals surface area (Å²) >= 11 is 0. The van der Waals surface area contributed by atoms with Gasteiger partial charge in [-0.2, -0.15) is 0 Å². The summed E-state index contributed by atoms with van der Waals surface area (Å²) < 4.78 is 5.29. The van der Waals surface area contributed by atoms with E-state index in [0.29, 0.717) is 25.6 Å². The third-order valence-corrected chi connectivity index (χ3v) is 1.76. The number of hydrogen-bond donors (Lipinski definition) is 1. The Balaban J connectivity index is 3.54. The Morgan fingerprint density at radius 3 is 2.36 bits per heavy atom. The van der Waals surface area contributed by atoms with Crippen molar-refractivity contribution in [1.82, 2.24) is 5.01 Å². The monoisotopic (exact) mass is 202 g/mol. The zero-order valence-corrected chi connectivity index (χ0v) is 9.62. The number of carbonyl (C=O) groups is 1. The zero-order chi connectivity index (χ0) is 11.1. The molecule has 0 rings (SSSR count). The molecule has 2 N–H and O–H groups in total. The van der Waals surface area contributed by atoms with Crippen LogP contribution in [0.5, 0.6) is 0 Å². The van der Waals surface area contributed by atoms with Gasteiger partial charge in [0.15, 0.2) is 0 Å². The van der Waals surface area contributed by atoms with Gasteiger partial charge in [-0.3, -0.25) is 9.80 Å². The molecule has 0 heterocycles. The molecule has 0 aliphatic rings. The van der Waals surface area contributed by atoms with E-state index >= 15 is 0 Å². The van der Waals surface area contributed by atoms with Gasteiger partial charge in [-0.15, -0.1) is 0 Å². The number of nitrogens with zero attached hydrogens (tertiary/aromatic N) is 1. The lowest BCUT2D eigenvalue weighted by molar-refractivity contribution is -0.134. The van der Waals surface area contributed by atoms with Gasteiger partial charge >= 0.3 is 0 Å². The van der Waals surface area contributed by atoms with Crippen LogP contribution in [0.25, 0.3) is 0 Å². The van der Waals surface area contributed by atoms with Crippen molar-refractivity contribution in [3.63, 3.8) is 0 Å². The molecule has 14 heavy (non-hydrogen) atoms. The number of hydrazine groups is 1. The van der Waals surface area contributed by atoms with Crippen LogP contribution < -0.4 is 5.84 Å². The molecule has 0 bridgehead atoms. The highest BCUT2D eigenvalue weighted by molar-refractivity contribution is 5.75. The van der Waals surface area contributed by atoms with E-state index in [-0.39, 0.29) is 11.9 Å². The molecule has 0 fully saturated rings. The van der Waals surface area contributed by atoms with Crippen LogP contribution in [0.15, 0.2) is 0 Å². The SMILES string of the molecule is CC(C)COCCC(=O)N(N)C(C)C. The Morgan fingerprint density at radius 1 is 1.36 bits per heavy atom. The summed E-state index contributed by atoms with van der Waals surface area (Å²) in [7, 11) is 0. The van der Waals surface area contributed by atoms with E-state index in [0.717, 1.165) is 0 Å². The first kappa shape index (κ1) is 13.4. The number of hydrogen-bond acceptors (Lipinski definition) is 3. The molecule has 0 spiro atoms. The Morgan fingerprint density at radius 2 is 1.93 bits per heavy atom. The van der Waals surface area contributed by atoms with Crippen LogP contribution >= 0.6 is 0 Å². The molecule has 0 saturated heterocycles. The lowest BCUT2D eigenvalue weighted by atomic mass is 10.2. The maximum Gasteiger partial charge on any atom is 0.239 e. The van der Waals surface area contributed by atoms with Crippen LogP contribution in [0.4, 0.5) is 0 Å². The molecular weight excluding hydrogens is 180 g/mol. The fraction of sp³-hybridized carbons (Fsp3) is 0.900. The van der Waals surface area contributed by atoms with Gasteiger partial charge in [-0.05, 0) is 19.8 Å². The average Bonchev–Trinajstić information content (AvgIpc) is 2.10. The first-order chi connectivity index (χ1) is 6.45. The van der Waals surface area contributed by atoms with Gasteiger partial charge in [0.1, 0.15) is 0 Å². The molecule has 0 unspecified atom stereocenters. The molecule has 4 heteroatoms. The van der Waals surface area contributed by atoms with Gasteiger partial charge in [0.05, 0.1) is 13.0 Å². The molecular formula is C10H22N2O2. The van der Waals surface area contributed by atoms with E-state index in [4.69, 9.17) is 10.6 Å². The summed E-state index contributed by atoms with van der Waals surface area (Å²) in [5, 5.41) is 1.25. The Kier molecular flexibility index (Phi) is 6.49. The van der Waals surface area contributed by atoms with Crippen LogP contribution in [0, 0.1) is 5.92 Å².